The van der Waals surface area contributed by atoms with Gasteiger partial charge in [-0.1, -0.05) is 12.1 Å². The number of amides is 2. The molecular weight excluding hydrogens is 334 g/mol. The zero-order chi connectivity index (χ0) is 15.2. The number of pyridine rings is 1. The number of halogens is 1. The first kappa shape index (κ1) is 15.2. The molecule has 21 heavy (non-hydrogen) atoms. The molecule has 5 nitrogen and oxygen atoms in total. The standard InChI is InChI=1S/C15H14BrN3O2/c1-10(20)19-13-4-2-3-11(7-13)8-18-15(21)14-6-5-12(16)9-17-14/h2-7,9H,8H2,1H3,(H,18,21)(H,19,20). The highest BCUT2D eigenvalue weighted by atomic mass is 79.9. The van der Waals surface area contributed by atoms with Crippen LogP contribution < -0.4 is 10.6 Å². The van der Waals surface area contributed by atoms with Gasteiger partial charge < -0.3 is 10.6 Å². The molecule has 1 heterocycles. The van der Waals surface area contributed by atoms with Crippen LogP contribution in [-0.4, -0.2) is 16.8 Å². The van der Waals surface area contributed by atoms with Gasteiger partial charge in [0, 0.05) is 29.8 Å². The molecule has 1 aromatic heterocycles. The summed E-state index contributed by atoms with van der Waals surface area (Å²) in [6, 6.07) is 10.7. The monoisotopic (exact) mass is 347 g/mol. The molecule has 0 saturated carbocycles. The average Bonchev–Trinajstić information content (AvgIpc) is 2.45. The van der Waals surface area contributed by atoms with Gasteiger partial charge in [-0.05, 0) is 45.8 Å². The minimum absolute atomic E-state index is 0.129. The summed E-state index contributed by atoms with van der Waals surface area (Å²) >= 11 is 3.27. The maximum absolute atomic E-state index is 11.9. The summed E-state index contributed by atoms with van der Waals surface area (Å²) < 4.78 is 0.821. The van der Waals surface area contributed by atoms with Gasteiger partial charge in [0.2, 0.25) is 5.91 Å². The molecule has 0 fully saturated rings. The fourth-order valence-electron chi connectivity index (χ4n) is 1.75. The molecule has 2 rings (SSSR count). The quantitative estimate of drug-likeness (QED) is 0.893. The van der Waals surface area contributed by atoms with Gasteiger partial charge in [-0.15, -0.1) is 0 Å². The van der Waals surface area contributed by atoms with Crippen LogP contribution in [0.4, 0.5) is 5.69 Å². The van der Waals surface area contributed by atoms with Gasteiger partial charge in [0.25, 0.3) is 5.91 Å². The van der Waals surface area contributed by atoms with Crippen LogP contribution in [0.15, 0.2) is 47.1 Å². The second-order valence-corrected chi connectivity index (χ2v) is 5.34. The molecule has 0 radical (unpaired) electrons. The van der Waals surface area contributed by atoms with Gasteiger partial charge in [-0.2, -0.15) is 0 Å². The number of hydrogen-bond donors (Lipinski definition) is 2. The van der Waals surface area contributed by atoms with E-state index in [-0.39, 0.29) is 11.8 Å². The van der Waals surface area contributed by atoms with E-state index in [0.717, 1.165) is 10.0 Å². The van der Waals surface area contributed by atoms with Crippen molar-refractivity contribution in [2.24, 2.45) is 0 Å². The van der Waals surface area contributed by atoms with Crippen molar-refractivity contribution in [3.63, 3.8) is 0 Å². The highest BCUT2D eigenvalue weighted by Gasteiger charge is 2.06. The third-order valence-electron chi connectivity index (χ3n) is 2.66. The molecule has 6 heteroatoms. The number of hydrogen-bond acceptors (Lipinski definition) is 3. The largest absolute Gasteiger partial charge is 0.347 e. The lowest BCUT2D eigenvalue weighted by molar-refractivity contribution is -0.114. The maximum Gasteiger partial charge on any atom is 0.270 e. The van der Waals surface area contributed by atoms with Crippen molar-refractivity contribution in [2.45, 2.75) is 13.5 Å². The predicted molar refractivity (Wildman–Crippen MR) is 83.9 cm³/mol. The minimum Gasteiger partial charge on any atom is -0.347 e. The molecule has 2 amide bonds. The molecule has 0 aliphatic carbocycles. The van der Waals surface area contributed by atoms with Crippen LogP contribution in [0.2, 0.25) is 0 Å². The summed E-state index contributed by atoms with van der Waals surface area (Å²) in [4.78, 5) is 27.0. The predicted octanol–water partition coefficient (Wildman–Crippen LogP) is 2.73. The number of benzene rings is 1. The Morgan fingerprint density at radius 3 is 2.71 bits per heavy atom. The summed E-state index contributed by atoms with van der Waals surface area (Å²) in [5.74, 6) is -0.373. The van der Waals surface area contributed by atoms with E-state index in [1.165, 1.54) is 6.92 Å². The van der Waals surface area contributed by atoms with Crippen molar-refractivity contribution in [2.75, 3.05) is 5.32 Å². The molecule has 0 bridgehead atoms. The molecule has 0 atom stereocenters. The van der Waals surface area contributed by atoms with E-state index >= 15 is 0 Å². The Bertz CT molecular complexity index is 656. The van der Waals surface area contributed by atoms with Crippen LogP contribution >= 0.6 is 15.9 Å². The number of carbonyl (C=O) groups excluding carboxylic acids is 2. The van der Waals surface area contributed by atoms with Crippen molar-refractivity contribution in [3.05, 3.63) is 58.3 Å². The first-order chi connectivity index (χ1) is 10.0. The molecule has 2 N–H and O–H groups in total. The maximum atomic E-state index is 11.9. The normalized spacial score (nSPS) is 10.0. The Balaban J connectivity index is 1.97. The Morgan fingerprint density at radius 1 is 1.24 bits per heavy atom. The van der Waals surface area contributed by atoms with E-state index in [9.17, 15) is 9.59 Å². The number of carbonyl (C=O) groups is 2. The fraction of sp³-hybridized carbons (Fsp3) is 0.133. The van der Waals surface area contributed by atoms with Crippen LogP contribution in [0.3, 0.4) is 0 Å². The smallest absolute Gasteiger partial charge is 0.270 e. The summed E-state index contributed by atoms with van der Waals surface area (Å²) in [5, 5.41) is 5.49. The molecule has 0 unspecified atom stereocenters. The van der Waals surface area contributed by atoms with Crippen molar-refractivity contribution < 1.29 is 9.59 Å². The average molecular weight is 348 g/mol. The second-order valence-electron chi connectivity index (χ2n) is 4.43. The first-order valence-electron chi connectivity index (χ1n) is 6.31. The molecule has 0 aliphatic rings. The van der Waals surface area contributed by atoms with Gasteiger partial charge in [0.1, 0.15) is 5.69 Å². The van der Waals surface area contributed by atoms with Crippen LogP contribution in [-0.2, 0) is 11.3 Å². The zero-order valence-electron chi connectivity index (χ0n) is 11.4. The van der Waals surface area contributed by atoms with Gasteiger partial charge in [-0.3, -0.25) is 9.59 Å². The Kier molecular flexibility index (Phi) is 5.05. The SMILES string of the molecule is CC(=O)Nc1cccc(CNC(=O)c2ccc(Br)cn2)c1. The van der Waals surface area contributed by atoms with Crippen LogP contribution in [0.1, 0.15) is 23.0 Å². The van der Waals surface area contributed by atoms with Gasteiger partial charge in [-0.25, -0.2) is 4.98 Å². The van der Waals surface area contributed by atoms with Crippen molar-refractivity contribution >= 4 is 33.4 Å². The molecule has 0 saturated heterocycles. The van der Waals surface area contributed by atoms with Crippen molar-refractivity contribution in [1.29, 1.82) is 0 Å². The third-order valence-corrected chi connectivity index (χ3v) is 3.13. The zero-order valence-corrected chi connectivity index (χ0v) is 13.0. The van der Waals surface area contributed by atoms with Gasteiger partial charge in [0.15, 0.2) is 0 Å². The number of anilines is 1. The number of rotatable bonds is 4. The Labute approximate surface area is 130 Å². The van der Waals surface area contributed by atoms with E-state index in [4.69, 9.17) is 0 Å². The molecule has 2 aromatic rings. The highest BCUT2D eigenvalue weighted by molar-refractivity contribution is 9.10. The fourth-order valence-corrected chi connectivity index (χ4v) is 1.98. The summed E-state index contributed by atoms with van der Waals surface area (Å²) in [6.07, 6.45) is 1.58. The molecular formula is C15H14BrN3O2. The van der Waals surface area contributed by atoms with Crippen molar-refractivity contribution in [1.82, 2.24) is 10.3 Å². The van der Waals surface area contributed by atoms with E-state index in [1.807, 2.05) is 18.2 Å². The number of aromatic nitrogens is 1. The summed E-state index contributed by atoms with van der Waals surface area (Å²) in [6.45, 7) is 1.82. The van der Waals surface area contributed by atoms with E-state index in [2.05, 4.69) is 31.5 Å². The van der Waals surface area contributed by atoms with Crippen molar-refractivity contribution in [3.8, 4) is 0 Å². The lowest BCUT2D eigenvalue weighted by Gasteiger charge is -2.07. The highest BCUT2D eigenvalue weighted by Crippen LogP contribution is 2.11. The Hall–Kier alpha value is -2.21. The Morgan fingerprint density at radius 2 is 2.05 bits per heavy atom. The van der Waals surface area contributed by atoms with E-state index in [1.54, 1.807) is 24.4 Å². The number of nitrogens with zero attached hydrogens (tertiary/aromatic N) is 1. The topological polar surface area (TPSA) is 71.1 Å². The van der Waals surface area contributed by atoms with E-state index in [0.29, 0.717) is 17.9 Å². The molecule has 108 valence electrons. The summed E-state index contributed by atoms with van der Waals surface area (Å²) in [7, 11) is 0. The first-order valence-corrected chi connectivity index (χ1v) is 7.10. The van der Waals surface area contributed by atoms with Crippen LogP contribution in [0, 0.1) is 0 Å². The number of nitrogens with one attached hydrogen (secondary N) is 2. The van der Waals surface area contributed by atoms with E-state index < -0.39 is 0 Å². The van der Waals surface area contributed by atoms with Gasteiger partial charge >= 0.3 is 0 Å². The third kappa shape index (κ3) is 4.68. The molecule has 1 aromatic carbocycles. The lowest BCUT2D eigenvalue weighted by Crippen LogP contribution is -2.23. The minimum atomic E-state index is -0.243. The van der Waals surface area contributed by atoms with Crippen LogP contribution in [0.5, 0.6) is 0 Å². The summed E-state index contributed by atoms with van der Waals surface area (Å²) in [5.41, 5.74) is 1.96. The van der Waals surface area contributed by atoms with Gasteiger partial charge in [0.05, 0.1) is 0 Å². The second kappa shape index (κ2) is 6.99. The van der Waals surface area contributed by atoms with Crippen LogP contribution in [0.25, 0.3) is 0 Å². The molecule has 0 spiro atoms. The molecule has 0 aliphatic heterocycles. The lowest BCUT2D eigenvalue weighted by atomic mass is 10.2.